The number of fused-ring (bicyclic) bond motifs is 1. The Hall–Kier alpha value is -2.09. The van der Waals surface area contributed by atoms with Gasteiger partial charge in [0.2, 0.25) is 0 Å². The van der Waals surface area contributed by atoms with Crippen molar-refractivity contribution in [2.45, 2.75) is 58.3 Å². The Morgan fingerprint density at radius 3 is 2.08 bits per heavy atom. The topological polar surface area (TPSA) is 26.3 Å². The van der Waals surface area contributed by atoms with E-state index in [9.17, 15) is 4.79 Å². The molecule has 3 rings (SSSR count). The number of carbonyl (C=O) groups is 1. The summed E-state index contributed by atoms with van der Waals surface area (Å²) in [5.74, 6) is 0.775. The highest BCUT2D eigenvalue weighted by Gasteiger charge is 2.37. The van der Waals surface area contributed by atoms with E-state index in [0.717, 1.165) is 23.2 Å². The molecule has 1 aliphatic rings. The molecule has 0 N–H and O–H groups in total. The van der Waals surface area contributed by atoms with E-state index >= 15 is 0 Å². The molecular formula is C23H28O2. The van der Waals surface area contributed by atoms with Crippen LogP contribution in [0.3, 0.4) is 0 Å². The number of aldehydes is 1. The lowest BCUT2D eigenvalue weighted by Gasteiger charge is -2.42. The smallest absolute Gasteiger partial charge is 0.150 e. The number of benzene rings is 2. The molecule has 2 aromatic carbocycles. The summed E-state index contributed by atoms with van der Waals surface area (Å²) in [5.41, 5.74) is 7.19. The monoisotopic (exact) mass is 336 g/mol. The van der Waals surface area contributed by atoms with Crippen molar-refractivity contribution in [3.63, 3.8) is 0 Å². The molecule has 0 fully saturated rings. The summed E-state index contributed by atoms with van der Waals surface area (Å²) in [6, 6.07) is 10.3. The first-order chi connectivity index (χ1) is 11.7. The van der Waals surface area contributed by atoms with E-state index in [0.29, 0.717) is 5.56 Å². The van der Waals surface area contributed by atoms with Gasteiger partial charge in [-0.05, 0) is 76.6 Å². The Labute approximate surface area is 151 Å². The second-order valence-electron chi connectivity index (χ2n) is 8.55. The molecule has 0 amide bonds. The van der Waals surface area contributed by atoms with Crippen LogP contribution in [-0.2, 0) is 10.8 Å². The molecule has 2 nitrogen and oxygen atoms in total. The first-order valence-corrected chi connectivity index (χ1v) is 8.99. The number of methoxy groups -OCH3 is 1. The zero-order chi connectivity index (χ0) is 18.4. The van der Waals surface area contributed by atoms with Gasteiger partial charge < -0.3 is 4.74 Å². The van der Waals surface area contributed by atoms with Gasteiger partial charge in [-0.1, -0.05) is 39.8 Å². The van der Waals surface area contributed by atoms with Crippen molar-refractivity contribution < 1.29 is 9.53 Å². The number of hydrogen-bond donors (Lipinski definition) is 0. The van der Waals surface area contributed by atoms with E-state index in [1.807, 2.05) is 18.2 Å². The van der Waals surface area contributed by atoms with Crippen molar-refractivity contribution in [3.8, 4) is 16.9 Å². The van der Waals surface area contributed by atoms with Gasteiger partial charge in [0, 0.05) is 5.56 Å². The van der Waals surface area contributed by atoms with Crippen LogP contribution < -0.4 is 4.74 Å². The molecule has 0 radical (unpaired) electrons. The Bertz CT molecular complexity index is 828. The van der Waals surface area contributed by atoms with Crippen LogP contribution in [0.15, 0.2) is 30.3 Å². The highest BCUT2D eigenvalue weighted by atomic mass is 16.5. The van der Waals surface area contributed by atoms with Gasteiger partial charge in [-0.3, -0.25) is 4.79 Å². The van der Waals surface area contributed by atoms with E-state index in [1.54, 1.807) is 7.11 Å². The first-order valence-electron chi connectivity index (χ1n) is 8.99. The Balaban J connectivity index is 2.28. The van der Waals surface area contributed by atoms with Gasteiger partial charge in [0.05, 0.1) is 7.11 Å². The summed E-state index contributed by atoms with van der Waals surface area (Å²) in [6.07, 6.45) is 3.31. The summed E-state index contributed by atoms with van der Waals surface area (Å²) >= 11 is 0. The van der Waals surface area contributed by atoms with Gasteiger partial charge >= 0.3 is 0 Å². The average molecular weight is 336 g/mol. The van der Waals surface area contributed by atoms with Crippen LogP contribution in [0.25, 0.3) is 11.1 Å². The number of aryl methyl sites for hydroxylation is 1. The number of hydrogen-bond acceptors (Lipinski definition) is 2. The third kappa shape index (κ3) is 2.99. The predicted molar refractivity (Wildman–Crippen MR) is 104 cm³/mol. The van der Waals surface area contributed by atoms with Gasteiger partial charge in [-0.25, -0.2) is 0 Å². The second kappa shape index (κ2) is 6.01. The lowest BCUT2D eigenvalue weighted by molar-refractivity contribution is 0.112. The van der Waals surface area contributed by atoms with Gasteiger partial charge in [0.15, 0.2) is 6.29 Å². The van der Waals surface area contributed by atoms with Crippen LogP contribution in [0.1, 0.15) is 67.6 Å². The van der Waals surface area contributed by atoms with Crippen LogP contribution in [0.5, 0.6) is 5.75 Å². The number of carbonyl (C=O) groups excluding carboxylic acids is 1. The first kappa shape index (κ1) is 17.7. The minimum absolute atomic E-state index is 0.146. The maximum atomic E-state index is 11.6. The number of rotatable bonds is 3. The molecule has 1 aliphatic carbocycles. The number of ether oxygens (including phenoxy) is 1. The molecule has 0 aliphatic heterocycles. The van der Waals surface area contributed by atoms with Crippen molar-refractivity contribution in [1.29, 1.82) is 0 Å². The molecule has 0 saturated heterocycles. The van der Waals surface area contributed by atoms with Crippen molar-refractivity contribution in [3.05, 3.63) is 52.6 Å². The van der Waals surface area contributed by atoms with Gasteiger partial charge in [-0.15, -0.1) is 0 Å². The van der Waals surface area contributed by atoms with Gasteiger partial charge in [0.1, 0.15) is 5.75 Å². The minimum atomic E-state index is 0.146. The third-order valence-corrected chi connectivity index (χ3v) is 5.88. The van der Waals surface area contributed by atoms with Crippen molar-refractivity contribution in [2.24, 2.45) is 0 Å². The van der Waals surface area contributed by atoms with Gasteiger partial charge in [-0.2, -0.15) is 0 Å². The summed E-state index contributed by atoms with van der Waals surface area (Å²) in [7, 11) is 1.66. The fourth-order valence-electron chi connectivity index (χ4n) is 4.01. The highest BCUT2D eigenvalue weighted by Crippen LogP contribution is 2.48. The lowest BCUT2D eigenvalue weighted by Crippen LogP contribution is -2.34. The van der Waals surface area contributed by atoms with Crippen LogP contribution in [0, 0.1) is 6.92 Å². The average Bonchev–Trinajstić information content (AvgIpc) is 2.58. The predicted octanol–water partition coefficient (Wildman–Crippen LogP) is 5.83. The summed E-state index contributed by atoms with van der Waals surface area (Å²) in [4.78, 5) is 11.6. The molecule has 25 heavy (non-hydrogen) atoms. The van der Waals surface area contributed by atoms with Crippen molar-refractivity contribution in [1.82, 2.24) is 0 Å². The van der Waals surface area contributed by atoms with Crippen LogP contribution in [0.2, 0.25) is 0 Å². The molecule has 132 valence electrons. The molecule has 2 aromatic rings. The largest absolute Gasteiger partial charge is 0.497 e. The fourth-order valence-corrected chi connectivity index (χ4v) is 4.01. The van der Waals surface area contributed by atoms with E-state index in [1.165, 1.54) is 29.5 Å². The third-order valence-electron chi connectivity index (χ3n) is 5.88. The zero-order valence-corrected chi connectivity index (χ0v) is 16.2. The summed E-state index contributed by atoms with van der Waals surface area (Å²) in [6.45, 7) is 11.5. The van der Waals surface area contributed by atoms with Crippen LogP contribution in [-0.4, -0.2) is 13.4 Å². The SMILES string of the molecule is COc1ccc(C=O)c(-c2cc3c(cc2C)C(C)(C)CCC3(C)C)c1. The summed E-state index contributed by atoms with van der Waals surface area (Å²) in [5, 5.41) is 0. The van der Waals surface area contributed by atoms with E-state index < -0.39 is 0 Å². The second-order valence-corrected chi connectivity index (χ2v) is 8.55. The Morgan fingerprint density at radius 2 is 1.52 bits per heavy atom. The Kier molecular flexibility index (Phi) is 4.26. The Morgan fingerprint density at radius 1 is 0.920 bits per heavy atom. The van der Waals surface area contributed by atoms with Crippen LogP contribution >= 0.6 is 0 Å². The maximum Gasteiger partial charge on any atom is 0.150 e. The van der Waals surface area contributed by atoms with E-state index in [4.69, 9.17) is 4.74 Å². The minimum Gasteiger partial charge on any atom is -0.497 e. The van der Waals surface area contributed by atoms with Crippen molar-refractivity contribution >= 4 is 6.29 Å². The molecular weight excluding hydrogens is 308 g/mol. The quantitative estimate of drug-likeness (QED) is 0.659. The molecule has 0 heterocycles. The zero-order valence-electron chi connectivity index (χ0n) is 16.2. The van der Waals surface area contributed by atoms with Crippen LogP contribution in [0.4, 0.5) is 0 Å². The van der Waals surface area contributed by atoms with E-state index in [-0.39, 0.29) is 10.8 Å². The normalized spacial score (nSPS) is 17.7. The molecule has 0 unspecified atom stereocenters. The van der Waals surface area contributed by atoms with E-state index in [2.05, 4.69) is 46.8 Å². The highest BCUT2D eigenvalue weighted by molar-refractivity contribution is 5.89. The van der Waals surface area contributed by atoms with Gasteiger partial charge in [0.25, 0.3) is 0 Å². The molecule has 0 spiro atoms. The molecule has 0 bridgehead atoms. The molecule has 0 saturated carbocycles. The lowest BCUT2D eigenvalue weighted by atomic mass is 9.62. The molecule has 0 aromatic heterocycles. The summed E-state index contributed by atoms with van der Waals surface area (Å²) < 4.78 is 5.39. The standard InChI is InChI=1S/C23H28O2/c1-15-11-20-21(23(4,5)10-9-22(20,2)3)13-18(15)19-12-17(25-6)8-7-16(19)14-24/h7-8,11-14H,9-10H2,1-6H3. The molecule has 2 heteroatoms. The van der Waals surface area contributed by atoms with Crippen molar-refractivity contribution in [2.75, 3.05) is 7.11 Å². The maximum absolute atomic E-state index is 11.6. The molecule has 0 atom stereocenters. The fraction of sp³-hybridized carbons (Fsp3) is 0.435.